The van der Waals surface area contributed by atoms with Crippen molar-refractivity contribution < 1.29 is 9.84 Å². The highest BCUT2D eigenvalue weighted by Crippen LogP contribution is 2.34. The van der Waals surface area contributed by atoms with Crippen molar-refractivity contribution in [2.45, 2.75) is 65.1 Å². The number of aromatic nitrogens is 2. The Morgan fingerprint density at radius 2 is 2.03 bits per heavy atom. The van der Waals surface area contributed by atoms with Gasteiger partial charge in [0.2, 0.25) is 0 Å². The number of ether oxygens (including phenoxy) is 1. The number of hydrogen-bond acceptors (Lipinski definition) is 6. The number of rotatable bonds is 6. The summed E-state index contributed by atoms with van der Waals surface area (Å²) in [6, 6.07) is 6.41. The largest absolute Gasteiger partial charge is 0.494 e. The summed E-state index contributed by atoms with van der Waals surface area (Å²) >= 11 is 0. The molecule has 1 aromatic carbocycles. The Hall–Kier alpha value is -2.18. The zero-order valence-corrected chi connectivity index (χ0v) is 18.5. The minimum absolute atomic E-state index is 0.00787. The number of aliphatic hydroxyl groups excluding tert-OH is 1. The number of benzene rings is 1. The van der Waals surface area contributed by atoms with Gasteiger partial charge in [-0.2, -0.15) is 0 Å². The number of nitrogens with zero attached hydrogens (tertiary/aromatic N) is 4. The van der Waals surface area contributed by atoms with Crippen molar-refractivity contribution in [1.82, 2.24) is 14.9 Å². The third-order valence-electron chi connectivity index (χ3n) is 6.38. The van der Waals surface area contributed by atoms with Crippen LogP contribution >= 0.6 is 0 Å². The van der Waals surface area contributed by atoms with Crippen molar-refractivity contribution in [3.8, 4) is 5.75 Å². The summed E-state index contributed by atoms with van der Waals surface area (Å²) in [5, 5.41) is 9.76. The van der Waals surface area contributed by atoms with Crippen LogP contribution in [0.3, 0.4) is 0 Å². The van der Waals surface area contributed by atoms with E-state index in [0.717, 1.165) is 61.1 Å². The van der Waals surface area contributed by atoms with Crippen molar-refractivity contribution in [3.63, 3.8) is 0 Å². The zero-order valence-electron chi connectivity index (χ0n) is 18.5. The van der Waals surface area contributed by atoms with Gasteiger partial charge in [-0.1, -0.05) is 12.5 Å². The molecule has 0 radical (unpaired) electrons. The summed E-state index contributed by atoms with van der Waals surface area (Å²) in [6.07, 6.45) is 5.75. The SMILES string of the molecule is CCOc1ccc(CN2CCCCC2c2nc(C)c3c(n2)N(C)CCC3)cc1CO. The molecule has 0 bridgehead atoms. The second-order valence-electron chi connectivity index (χ2n) is 8.51. The molecule has 2 aliphatic rings. The smallest absolute Gasteiger partial charge is 0.148 e. The molecule has 1 aromatic heterocycles. The van der Waals surface area contributed by atoms with E-state index >= 15 is 0 Å². The molecular formula is C24H34N4O2. The first-order valence-corrected chi connectivity index (χ1v) is 11.3. The summed E-state index contributed by atoms with van der Waals surface area (Å²) in [5.74, 6) is 2.86. The van der Waals surface area contributed by atoms with Crippen molar-refractivity contribution in [2.75, 3.05) is 31.6 Å². The van der Waals surface area contributed by atoms with E-state index in [-0.39, 0.29) is 12.6 Å². The van der Waals surface area contributed by atoms with Gasteiger partial charge in [-0.3, -0.25) is 4.90 Å². The molecule has 1 saturated heterocycles. The number of aryl methyl sites for hydroxylation is 1. The maximum absolute atomic E-state index is 9.76. The van der Waals surface area contributed by atoms with Gasteiger partial charge in [-0.15, -0.1) is 0 Å². The summed E-state index contributed by atoms with van der Waals surface area (Å²) in [6.45, 7) is 7.63. The molecule has 162 valence electrons. The molecule has 1 atom stereocenters. The second kappa shape index (κ2) is 9.31. The predicted octanol–water partition coefficient (Wildman–Crippen LogP) is 3.79. The zero-order chi connectivity index (χ0) is 21.1. The minimum Gasteiger partial charge on any atom is -0.494 e. The lowest BCUT2D eigenvalue weighted by Crippen LogP contribution is -2.35. The molecule has 3 heterocycles. The lowest BCUT2D eigenvalue weighted by atomic mass is 9.98. The molecule has 6 heteroatoms. The Morgan fingerprint density at radius 3 is 2.83 bits per heavy atom. The maximum atomic E-state index is 9.76. The molecule has 0 aliphatic carbocycles. The van der Waals surface area contributed by atoms with Crippen molar-refractivity contribution in [3.05, 3.63) is 46.4 Å². The maximum Gasteiger partial charge on any atom is 0.148 e. The molecule has 1 N–H and O–H groups in total. The highest BCUT2D eigenvalue weighted by atomic mass is 16.5. The normalized spacial score (nSPS) is 19.6. The summed E-state index contributed by atoms with van der Waals surface area (Å²) in [4.78, 5) is 14.8. The Labute approximate surface area is 179 Å². The predicted molar refractivity (Wildman–Crippen MR) is 119 cm³/mol. The lowest BCUT2D eigenvalue weighted by Gasteiger charge is -2.36. The van der Waals surface area contributed by atoms with Crippen molar-refractivity contribution in [2.24, 2.45) is 0 Å². The molecule has 2 aliphatic heterocycles. The van der Waals surface area contributed by atoms with Crippen LogP contribution < -0.4 is 9.64 Å². The summed E-state index contributed by atoms with van der Waals surface area (Å²) in [5.41, 5.74) is 4.50. The number of piperidine rings is 1. The van der Waals surface area contributed by atoms with Gasteiger partial charge in [0, 0.05) is 37.0 Å². The molecule has 0 amide bonds. The van der Waals surface area contributed by atoms with Gasteiger partial charge in [0.05, 0.1) is 19.3 Å². The number of fused-ring (bicyclic) bond motifs is 1. The van der Waals surface area contributed by atoms with Crippen LogP contribution in [-0.4, -0.2) is 46.7 Å². The highest BCUT2D eigenvalue weighted by molar-refractivity contribution is 5.50. The van der Waals surface area contributed by atoms with E-state index in [1.54, 1.807) is 0 Å². The Morgan fingerprint density at radius 1 is 1.17 bits per heavy atom. The fourth-order valence-corrected chi connectivity index (χ4v) is 4.82. The molecular weight excluding hydrogens is 376 g/mol. The quantitative estimate of drug-likeness (QED) is 0.782. The molecule has 0 saturated carbocycles. The van der Waals surface area contributed by atoms with E-state index in [1.165, 1.54) is 30.4 Å². The first-order valence-electron chi connectivity index (χ1n) is 11.3. The molecule has 2 aromatic rings. The van der Waals surface area contributed by atoms with Crippen LogP contribution in [0, 0.1) is 6.92 Å². The van der Waals surface area contributed by atoms with Gasteiger partial charge in [-0.25, -0.2) is 9.97 Å². The number of likely N-dealkylation sites (tertiary alicyclic amines) is 1. The third kappa shape index (κ3) is 4.30. The van der Waals surface area contributed by atoms with Gasteiger partial charge in [0.15, 0.2) is 0 Å². The van der Waals surface area contributed by atoms with E-state index in [0.29, 0.717) is 6.61 Å². The van der Waals surface area contributed by atoms with E-state index in [4.69, 9.17) is 14.7 Å². The Kier molecular flexibility index (Phi) is 6.54. The van der Waals surface area contributed by atoms with Gasteiger partial charge in [-0.05, 0) is 63.8 Å². The highest BCUT2D eigenvalue weighted by Gasteiger charge is 2.29. The van der Waals surface area contributed by atoms with Crippen LogP contribution in [0.25, 0.3) is 0 Å². The topological polar surface area (TPSA) is 61.7 Å². The number of aliphatic hydroxyl groups is 1. The number of hydrogen-bond donors (Lipinski definition) is 1. The lowest BCUT2D eigenvalue weighted by molar-refractivity contribution is 0.133. The van der Waals surface area contributed by atoms with Crippen LogP contribution in [0.2, 0.25) is 0 Å². The van der Waals surface area contributed by atoms with Gasteiger partial charge >= 0.3 is 0 Å². The molecule has 4 rings (SSSR count). The molecule has 6 nitrogen and oxygen atoms in total. The van der Waals surface area contributed by atoms with Gasteiger partial charge in [0.25, 0.3) is 0 Å². The molecule has 30 heavy (non-hydrogen) atoms. The van der Waals surface area contributed by atoms with Crippen LogP contribution in [0.15, 0.2) is 18.2 Å². The standard InChI is InChI=1S/C24H34N4O2/c1-4-30-22-11-10-18(14-19(22)16-29)15-28-13-6-5-9-21(28)23-25-17(2)20-8-7-12-27(3)24(20)26-23/h10-11,14,21,29H,4-9,12-13,15-16H2,1-3H3. The van der Waals surface area contributed by atoms with Crippen LogP contribution in [0.5, 0.6) is 5.75 Å². The molecule has 1 fully saturated rings. The fraction of sp³-hybridized carbons (Fsp3) is 0.583. The average Bonchev–Trinajstić information content (AvgIpc) is 2.76. The fourth-order valence-electron chi connectivity index (χ4n) is 4.82. The van der Waals surface area contributed by atoms with Crippen molar-refractivity contribution >= 4 is 5.82 Å². The second-order valence-corrected chi connectivity index (χ2v) is 8.51. The first-order chi connectivity index (χ1) is 14.6. The molecule has 0 spiro atoms. The van der Waals surface area contributed by atoms with E-state index in [2.05, 4.69) is 35.9 Å². The van der Waals surface area contributed by atoms with Gasteiger partial charge < -0.3 is 14.7 Å². The van der Waals surface area contributed by atoms with Crippen molar-refractivity contribution in [1.29, 1.82) is 0 Å². The summed E-state index contributed by atoms with van der Waals surface area (Å²) in [7, 11) is 2.14. The van der Waals surface area contributed by atoms with Crippen LogP contribution in [-0.2, 0) is 19.6 Å². The Bertz CT molecular complexity index is 886. The average molecular weight is 411 g/mol. The van der Waals surface area contributed by atoms with E-state index in [1.807, 2.05) is 13.0 Å². The summed E-state index contributed by atoms with van der Waals surface area (Å²) < 4.78 is 5.64. The monoisotopic (exact) mass is 410 g/mol. The number of anilines is 1. The van der Waals surface area contributed by atoms with E-state index in [9.17, 15) is 5.11 Å². The van der Waals surface area contributed by atoms with Crippen LogP contribution in [0.1, 0.15) is 66.9 Å². The first kappa shape index (κ1) is 21.1. The van der Waals surface area contributed by atoms with Gasteiger partial charge in [0.1, 0.15) is 17.4 Å². The van der Waals surface area contributed by atoms with Crippen LogP contribution in [0.4, 0.5) is 5.82 Å². The minimum atomic E-state index is -0.00787. The molecule has 1 unspecified atom stereocenters. The third-order valence-corrected chi connectivity index (χ3v) is 6.38. The Balaban J connectivity index is 1.60. The van der Waals surface area contributed by atoms with E-state index < -0.39 is 0 Å².